The number of anilines is 1. The van der Waals surface area contributed by atoms with E-state index in [2.05, 4.69) is 4.98 Å². The smallest absolute Gasteiger partial charge is 0.168 e. The average Bonchev–Trinajstić information content (AvgIpc) is 2.97. The molecule has 16 heavy (non-hydrogen) atoms. The Balaban J connectivity index is 1.75. The van der Waals surface area contributed by atoms with Gasteiger partial charge in [0.1, 0.15) is 5.82 Å². The van der Waals surface area contributed by atoms with Gasteiger partial charge in [0.25, 0.3) is 0 Å². The van der Waals surface area contributed by atoms with Gasteiger partial charge in [-0.1, -0.05) is 0 Å². The summed E-state index contributed by atoms with van der Waals surface area (Å²) in [5, 5.41) is 0. The largest absolute Gasteiger partial charge is 0.350 e. The molecule has 2 fully saturated rings. The van der Waals surface area contributed by atoms with Crippen LogP contribution in [-0.4, -0.2) is 23.6 Å². The van der Waals surface area contributed by atoms with Gasteiger partial charge in [-0.3, -0.25) is 0 Å². The number of nitrogens with zero attached hydrogens (tertiary/aromatic N) is 2. The minimum Gasteiger partial charge on any atom is -0.350 e. The van der Waals surface area contributed by atoms with E-state index in [-0.39, 0.29) is 11.4 Å². The number of hydrogen-bond donors (Lipinski definition) is 1. The minimum absolute atomic E-state index is 0.178. The Kier molecular flexibility index (Phi) is 1.95. The summed E-state index contributed by atoms with van der Waals surface area (Å²) < 4.78 is 26.1. The normalized spacial score (nSPS) is 23.1. The quantitative estimate of drug-likeness (QED) is 0.824. The number of pyridine rings is 1. The summed E-state index contributed by atoms with van der Waals surface area (Å²) >= 11 is 0. The molecule has 1 aromatic rings. The van der Waals surface area contributed by atoms with E-state index >= 15 is 0 Å². The lowest BCUT2D eigenvalue weighted by Crippen LogP contribution is -2.69. The van der Waals surface area contributed by atoms with Crippen LogP contribution in [0.5, 0.6) is 0 Å². The van der Waals surface area contributed by atoms with E-state index in [0.29, 0.717) is 19.0 Å². The van der Waals surface area contributed by atoms with Crippen molar-refractivity contribution in [2.75, 3.05) is 18.0 Å². The summed E-state index contributed by atoms with van der Waals surface area (Å²) in [7, 11) is 0. The molecule has 1 aliphatic carbocycles. The summed E-state index contributed by atoms with van der Waals surface area (Å²) in [4.78, 5) is 5.54. The van der Waals surface area contributed by atoms with Gasteiger partial charge in [0, 0.05) is 19.2 Å². The molecule has 2 heterocycles. The Morgan fingerprint density at radius 3 is 2.62 bits per heavy atom. The third kappa shape index (κ3) is 1.46. The van der Waals surface area contributed by atoms with Crippen molar-refractivity contribution in [3.8, 4) is 0 Å². The summed E-state index contributed by atoms with van der Waals surface area (Å²) in [6, 6.07) is 0.857. The number of hydrogen-bond acceptors (Lipinski definition) is 3. The Bertz CT molecular complexity index is 425. The Morgan fingerprint density at radius 1 is 1.38 bits per heavy atom. The maximum Gasteiger partial charge on any atom is 0.168 e. The lowest BCUT2D eigenvalue weighted by atomic mass is 9.86. The van der Waals surface area contributed by atoms with Crippen molar-refractivity contribution in [2.45, 2.75) is 18.4 Å². The standard InChI is InChI=1S/C11H13F2N3/c12-8-3-9(13)10(15-4-8)16-5-11(14,6-16)7-1-2-7/h3-4,7H,1-2,5-6,14H2. The molecule has 0 spiro atoms. The second kappa shape index (κ2) is 3.13. The molecule has 0 aromatic carbocycles. The highest BCUT2D eigenvalue weighted by atomic mass is 19.1. The fourth-order valence-electron chi connectivity index (χ4n) is 2.37. The van der Waals surface area contributed by atoms with Gasteiger partial charge in [0.2, 0.25) is 0 Å². The lowest BCUT2D eigenvalue weighted by molar-refractivity contribution is 0.286. The van der Waals surface area contributed by atoms with Crippen LogP contribution >= 0.6 is 0 Å². The first-order chi connectivity index (χ1) is 7.58. The van der Waals surface area contributed by atoms with Crippen molar-refractivity contribution in [3.63, 3.8) is 0 Å². The Hall–Kier alpha value is -1.23. The molecule has 2 N–H and O–H groups in total. The molecule has 0 amide bonds. The zero-order valence-corrected chi connectivity index (χ0v) is 8.79. The highest BCUT2D eigenvalue weighted by Gasteiger charge is 2.51. The average molecular weight is 225 g/mol. The summed E-state index contributed by atoms with van der Waals surface area (Å²) in [5.74, 6) is -0.476. The van der Waals surface area contributed by atoms with E-state index < -0.39 is 11.6 Å². The van der Waals surface area contributed by atoms with Gasteiger partial charge in [0.15, 0.2) is 11.6 Å². The molecule has 1 saturated carbocycles. The van der Waals surface area contributed by atoms with E-state index in [1.807, 2.05) is 0 Å². The second-order valence-corrected chi connectivity index (χ2v) is 4.82. The molecular formula is C11H13F2N3. The summed E-state index contributed by atoms with van der Waals surface area (Å²) in [6.07, 6.45) is 3.37. The molecule has 86 valence electrons. The SMILES string of the molecule is NC1(C2CC2)CN(c2ncc(F)cc2F)C1. The monoisotopic (exact) mass is 225 g/mol. The van der Waals surface area contributed by atoms with Crippen molar-refractivity contribution in [3.05, 3.63) is 23.9 Å². The topological polar surface area (TPSA) is 42.1 Å². The van der Waals surface area contributed by atoms with Crippen LogP contribution in [-0.2, 0) is 0 Å². The summed E-state index contributed by atoms with van der Waals surface area (Å²) in [6.45, 7) is 1.24. The van der Waals surface area contributed by atoms with Gasteiger partial charge in [0.05, 0.1) is 11.7 Å². The third-order valence-corrected chi connectivity index (χ3v) is 3.45. The lowest BCUT2D eigenvalue weighted by Gasteiger charge is -2.48. The maximum atomic E-state index is 13.4. The molecule has 3 rings (SSSR count). The van der Waals surface area contributed by atoms with Gasteiger partial charge in [-0.15, -0.1) is 0 Å². The Morgan fingerprint density at radius 2 is 2.06 bits per heavy atom. The fraction of sp³-hybridized carbons (Fsp3) is 0.545. The molecule has 0 bridgehead atoms. The van der Waals surface area contributed by atoms with Crippen molar-refractivity contribution >= 4 is 5.82 Å². The van der Waals surface area contributed by atoms with Crippen molar-refractivity contribution in [1.29, 1.82) is 0 Å². The van der Waals surface area contributed by atoms with E-state index in [1.54, 1.807) is 4.90 Å². The molecule has 5 heteroatoms. The van der Waals surface area contributed by atoms with Crippen LogP contribution in [0.3, 0.4) is 0 Å². The minimum atomic E-state index is -0.650. The van der Waals surface area contributed by atoms with Crippen LogP contribution in [0.15, 0.2) is 12.3 Å². The molecule has 1 saturated heterocycles. The Labute approximate surface area is 92.3 Å². The first-order valence-corrected chi connectivity index (χ1v) is 5.43. The van der Waals surface area contributed by atoms with Crippen molar-refractivity contribution in [1.82, 2.24) is 4.98 Å². The number of nitrogens with two attached hydrogens (primary N) is 1. The zero-order valence-electron chi connectivity index (χ0n) is 8.79. The third-order valence-electron chi connectivity index (χ3n) is 3.45. The molecule has 2 aliphatic rings. The fourth-order valence-corrected chi connectivity index (χ4v) is 2.37. The van der Waals surface area contributed by atoms with Crippen LogP contribution in [0.1, 0.15) is 12.8 Å². The van der Waals surface area contributed by atoms with Crippen molar-refractivity contribution in [2.24, 2.45) is 11.7 Å². The highest BCUT2D eigenvalue weighted by Crippen LogP contribution is 2.44. The van der Waals surface area contributed by atoms with E-state index in [0.717, 1.165) is 12.3 Å². The van der Waals surface area contributed by atoms with Gasteiger partial charge >= 0.3 is 0 Å². The predicted octanol–water partition coefficient (Wildman–Crippen LogP) is 1.29. The molecule has 0 unspecified atom stereocenters. The van der Waals surface area contributed by atoms with Crippen LogP contribution in [0.4, 0.5) is 14.6 Å². The number of rotatable bonds is 2. The van der Waals surface area contributed by atoms with Crippen LogP contribution in [0, 0.1) is 17.6 Å². The van der Waals surface area contributed by atoms with Gasteiger partial charge < -0.3 is 10.6 Å². The molecule has 0 atom stereocenters. The highest BCUT2D eigenvalue weighted by molar-refractivity contribution is 5.46. The molecule has 0 radical (unpaired) electrons. The molecule has 3 nitrogen and oxygen atoms in total. The van der Waals surface area contributed by atoms with Gasteiger partial charge in [-0.25, -0.2) is 13.8 Å². The van der Waals surface area contributed by atoms with Crippen LogP contribution in [0.25, 0.3) is 0 Å². The van der Waals surface area contributed by atoms with Gasteiger partial charge in [-0.2, -0.15) is 0 Å². The summed E-state index contributed by atoms with van der Waals surface area (Å²) in [5.41, 5.74) is 5.97. The predicted molar refractivity (Wildman–Crippen MR) is 56.0 cm³/mol. The molecular weight excluding hydrogens is 212 g/mol. The molecule has 1 aliphatic heterocycles. The van der Waals surface area contributed by atoms with Crippen molar-refractivity contribution < 1.29 is 8.78 Å². The van der Waals surface area contributed by atoms with E-state index in [4.69, 9.17) is 5.73 Å². The van der Waals surface area contributed by atoms with E-state index in [1.165, 1.54) is 12.8 Å². The molecule has 1 aromatic heterocycles. The number of halogens is 2. The van der Waals surface area contributed by atoms with Gasteiger partial charge in [-0.05, 0) is 18.8 Å². The van der Waals surface area contributed by atoms with E-state index in [9.17, 15) is 8.78 Å². The van der Waals surface area contributed by atoms with Crippen LogP contribution < -0.4 is 10.6 Å². The maximum absolute atomic E-state index is 13.4. The second-order valence-electron chi connectivity index (χ2n) is 4.82. The first kappa shape index (κ1) is 9.96. The van der Waals surface area contributed by atoms with Crippen LogP contribution in [0.2, 0.25) is 0 Å². The number of aromatic nitrogens is 1. The zero-order chi connectivity index (χ0) is 11.3. The first-order valence-electron chi connectivity index (χ1n) is 5.43.